The summed E-state index contributed by atoms with van der Waals surface area (Å²) in [6.07, 6.45) is 2.57. The Hall–Kier alpha value is -3.52. The van der Waals surface area contributed by atoms with Crippen molar-refractivity contribution in [2.45, 2.75) is 37.1 Å². The van der Waals surface area contributed by atoms with E-state index in [2.05, 4.69) is 4.99 Å². The number of ketones is 1. The summed E-state index contributed by atoms with van der Waals surface area (Å²) in [5, 5.41) is 2.62. The third kappa shape index (κ3) is 3.18. The molecule has 3 aliphatic heterocycles. The van der Waals surface area contributed by atoms with E-state index >= 15 is 0 Å². The molecule has 0 aliphatic carbocycles. The van der Waals surface area contributed by atoms with Gasteiger partial charge in [0.2, 0.25) is 5.54 Å². The number of para-hydroxylation sites is 1. The van der Waals surface area contributed by atoms with Crippen LogP contribution in [0.25, 0.3) is 6.08 Å². The molecule has 3 aliphatic rings. The molecule has 2 amide bonds. The van der Waals surface area contributed by atoms with Crippen LogP contribution in [0.2, 0.25) is 0 Å². The maximum atomic E-state index is 13.7. The lowest BCUT2D eigenvalue weighted by Crippen LogP contribution is -2.55. The number of hydrogen-bond donors (Lipinski definition) is 0. The molecule has 8 nitrogen and oxygen atoms in total. The molecule has 2 saturated heterocycles. The van der Waals surface area contributed by atoms with Gasteiger partial charge in [0.05, 0.1) is 24.6 Å². The number of methoxy groups -OCH3 is 1. The van der Waals surface area contributed by atoms with Crippen molar-refractivity contribution in [2.75, 3.05) is 13.7 Å². The maximum absolute atomic E-state index is 13.7. The van der Waals surface area contributed by atoms with Gasteiger partial charge < -0.3 is 9.64 Å². The van der Waals surface area contributed by atoms with E-state index in [9.17, 15) is 14.4 Å². The first-order valence-electron chi connectivity index (χ1n) is 10.6. The number of carbonyl (C=O) groups excluding carboxylic acids is 3. The number of carbonyl (C=O) groups is 3. The van der Waals surface area contributed by atoms with Gasteiger partial charge in [0.15, 0.2) is 5.78 Å². The number of nitrogens with zero attached hydrogens (tertiary/aromatic N) is 3. The van der Waals surface area contributed by atoms with Crippen LogP contribution in [-0.4, -0.2) is 59.0 Å². The van der Waals surface area contributed by atoms with Crippen molar-refractivity contribution < 1.29 is 24.0 Å². The quantitative estimate of drug-likeness (QED) is 0.501. The highest BCUT2D eigenvalue weighted by molar-refractivity contribution is 6.18. The van der Waals surface area contributed by atoms with Gasteiger partial charge in [-0.05, 0) is 35.8 Å². The number of Topliss-reactive ketones (excluding diaryl/α,β-unsaturated/α-hetero) is 1. The normalized spacial score (nSPS) is 25.7. The Kier molecular flexibility index (Phi) is 5.01. The summed E-state index contributed by atoms with van der Waals surface area (Å²) in [5.41, 5.74) is -0.833. The van der Waals surface area contributed by atoms with E-state index < -0.39 is 23.3 Å². The van der Waals surface area contributed by atoms with E-state index in [1.165, 1.54) is 17.1 Å². The van der Waals surface area contributed by atoms with Crippen molar-refractivity contribution in [3.8, 4) is 0 Å². The van der Waals surface area contributed by atoms with Gasteiger partial charge in [0.25, 0.3) is 0 Å². The molecule has 2 fully saturated rings. The average Bonchev–Trinajstić information content (AvgIpc) is 3.34. The van der Waals surface area contributed by atoms with Gasteiger partial charge in [0, 0.05) is 6.54 Å². The molecule has 1 unspecified atom stereocenters. The minimum atomic E-state index is -1.78. The second-order valence-electron chi connectivity index (χ2n) is 8.20. The van der Waals surface area contributed by atoms with Crippen LogP contribution in [0.3, 0.4) is 0 Å². The molecule has 0 spiro atoms. The third-order valence-electron chi connectivity index (χ3n) is 6.31. The Balaban J connectivity index is 1.40. The molecule has 2 bridgehead atoms. The monoisotopic (exact) mass is 433 g/mol. The lowest BCUT2D eigenvalue weighted by molar-refractivity contribution is -0.149. The zero-order valence-corrected chi connectivity index (χ0v) is 17.6. The van der Waals surface area contributed by atoms with Crippen LogP contribution in [0, 0.1) is 0 Å². The zero-order chi connectivity index (χ0) is 22.3. The average molecular weight is 433 g/mol. The molecule has 0 aromatic heterocycles. The number of esters is 1. The maximum Gasteiger partial charge on any atom is 0.345 e. The fourth-order valence-electron chi connectivity index (χ4n) is 4.69. The van der Waals surface area contributed by atoms with Crippen LogP contribution >= 0.6 is 0 Å². The Labute approximate surface area is 184 Å². The fourth-order valence-corrected chi connectivity index (χ4v) is 4.69. The van der Waals surface area contributed by atoms with E-state index in [1.54, 1.807) is 24.3 Å². The first-order valence-corrected chi connectivity index (χ1v) is 10.6. The fraction of sp³-hybridized carbons (Fsp3) is 0.333. The summed E-state index contributed by atoms with van der Waals surface area (Å²) < 4.78 is 4.97. The van der Waals surface area contributed by atoms with Gasteiger partial charge in [-0.1, -0.05) is 48.5 Å². The molecule has 3 atom stereocenters. The summed E-state index contributed by atoms with van der Waals surface area (Å²) in [5.74, 6) is -1.19. The topological polar surface area (TPSA) is 88.5 Å². The van der Waals surface area contributed by atoms with Gasteiger partial charge >= 0.3 is 12.0 Å². The second-order valence-corrected chi connectivity index (χ2v) is 8.20. The predicted molar refractivity (Wildman–Crippen MR) is 113 cm³/mol. The van der Waals surface area contributed by atoms with Gasteiger partial charge in [-0.2, -0.15) is 5.06 Å². The lowest BCUT2D eigenvalue weighted by atomic mass is 9.85. The van der Waals surface area contributed by atoms with Crippen molar-refractivity contribution in [3.05, 3.63) is 70.7 Å². The Bertz CT molecular complexity index is 1160. The minimum absolute atomic E-state index is 0.133. The van der Waals surface area contributed by atoms with Gasteiger partial charge in [0.1, 0.15) is 6.61 Å². The number of rotatable bonds is 6. The first kappa shape index (κ1) is 20.4. The second kappa shape index (κ2) is 7.87. The highest BCUT2D eigenvalue weighted by atomic mass is 16.7. The highest BCUT2D eigenvalue weighted by Gasteiger charge is 2.55. The Morgan fingerprint density at radius 2 is 1.84 bits per heavy atom. The summed E-state index contributed by atoms with van der Waals surface area (Å²) in [4.78, 5) is 51.4. The van der Waals surface area contributed by atoms with E-state index in [0.717, 1.165) is 5.56 Å². The van der Waals surface area contributed by atoms with Crippen LogP contribution < -0.4 is 10.6 Å². The van der Waals surface area contributed by atoms with Crippen LogP contribution in [0.4, 0.5) is 4.79 Å². The Morgan fingerprint density at radius 1 is 1.09 bits per heavy atom. The number of hydrogen-bond acceptors (Lipinski definition) is 6. The smallest absolute Gasteiger partial charge is 0.345 e. The number of piperidine rings is 1. The Morgan fingerprint density at radius 3 is 2.59 bits per heavy atom. The van der Waals surface area contributed by atoms with Crippen molar-refractivity contribution in [1.82, 2.24) is 9.96 Å². The standard InChI is InChI=1S/C24H23N3O5/c1-31-22(29)24(13-17-9-5-6-10-19(17)25-24)21(28)20-12-11-18-14-26(20)23(30)27(18)32-15-16-7-3-2-4-8-16/h2-10,13,18,20H,11-12,14-15H2,1H3/t18-,20+,24?/m1/s1. The molecule has 3 heterocycles. The predicted octanol–water partition coefficient (Wildman–Crippen LogP) is 0.982. The van der Waals surface area contributed by atoms with Crippen molar-refractivity contribution in [2.24, 2.45) is 4.99 Å². The third-order valence-corrected chi connectivity index (χ3v) is 6.31. The summed E-state index contributed by atoms with van der Waals surface area (Å²) >= 11 is 0. The molecule has 32 heavy (non-hydrogen) atoms. The number of fused-ring (bicyclic) bond motifs is 3. The van der Waals surface area contributed by atoms with E-state index in [1.807, 2.05) is 36.4 Å². The molecule has 8 heteroatoms. The van der Waals surface area contributed by atoms with Crippen LogP contribution in [0.15, 0.2) is 59.6 Å². The first-order chi connectivity index (χ1) is 15.5. The van der Waals surface area contributed by atoms with Crippen LogP contribution in [-0.2, 0) is 25.8 Å². The van der Waals surface area contributed by atoms with Crippen molar-refractivity contribution in [3.63, 3.8) is 0 Å². The van der Waals surface area contributed by atoms with Crippen LogP contribution in [0.1, 0.15) is 18.4 Å². The summed E-state index contributed by atoms with van der Waals surface area (Å²) in [6.45, 7) is 0.633. The minimum Gasteiger partial charge on any atom is -0.467 e. The van der Waals surface area contributed by atoms with E-state index in [4.69, 9.17) is 9.57 Å². The van der Waals surface area contributed by atoms with Crippen molar-refractivity contribution in [1.29, 1.82) is 0 Å². The summed E-state index contributed by atoms with van der Waals surface area (Å²) in [6, 6.07) is 15.5. The SMILES string of the molecule is COC(=O)C1(C(=O)[C@@H]2CC[C@@H]3CN2C(=O)N3OCc2ccccc2)C=c2ccccc2=N1. The molecular weight excluding hydrogens is 410 g/mol. The largest absolute Gasteiger partial charge is 0.467 e. The van der Waals surface area contributed by atoms with Crippen LogP contribution in [0.5, 0.6) is 0 Å². The number of amides is 2. The zero-order valence-electron chi connectivity index (χ0n) is 17.6. The molecule has 0 saturated carbocycles. The number of urea groups is 1. The molecule has 5 rings (SSSR count). The number of hydroxylamine groups is 2. The van der Waals surface area contributed by atoms with Gasteiger partial charge in [-0.15, -0.1) is 0 Å². The summed E-state index contributed by atoms with van der Waals surface area (Å²) in [7, 11) is 1.24. The number of ether oxygens (including phenoxy) is 1. The molecule has 2 aromatic rings. The van der Waals surface area contributed by atoms with Gasteiger partial charge in [-0.25, -0.2) is 9.59 Å². The van der Waals surface area contributed by atoms with E-state index in [0.29, 0.717) is 30.0 Å². The molecule has 0 N–H and O–H groups in total. The molecular formula is C24H23N3O5. The van der Waals surface area contributed by atoms with Gasteiger partial charge in [-0.3, -0.25) is 14.6 Å². The molecule has 0 radical (unpaired) electrons. The van der Waals surface area contributed by atoms with Crippen molar-refractivity contribution >= 4 is 23.9 Å². The van der Waals surface area contributed by atoms with E-state index in [-0.39, 0.29) is 18.7 Å². The lowest BCUT2D eigenvalue weighted by Gasteiger charge is -2.33. The highest BCUT2D eigenvalue weighted by Crippen LogP contribution is 2.34. The molecule has 164 valence electrons. The molecule has 2 aromatic carbocycles. The number of benzene rings is 2.